The van der Waals surface area contributed by atoms with Crippen LogP contribution >= 0.6 is 11.8 Å². The van der Waals surface area contributed by atoms with E-state index in [0.29, 0.717) is 5.82 Å². The van der Waals surface area contributed by atoms with Gasteiger partial charge in [-0.1, -0.05) is 80.4 Å². The fourth-order valence-corrected chi connectivity index (χ4v) is 6.57. The number of thioether (sulfide) groups is 1. The lowest BCUT2D eigenvalue weighted by Gasteiger charge is -2.25. The molecule has 1 unspecified atom stereocenters. The number of nitrogens with zero attached hydrogens (tertiary/aromatic N) is 3. The second-order valence-corrected chi connectivity index (χ2v) is 13.1. The number of carbonyl (C=O) groups is 2. The molecule has 1 aliphatic heterocycles. The molecule has 1 atom stereocenters. The average molecular weight is 585 g/mol. The highest BCUT2D eigenvalue weighted by atomic mass is 32.2. The van der Waals surface area contributed by atoms with Gasteiger partial charge in [0.1, 0.15) is 18.2 Å². The van der Waals surface area contributed by atoms with Crippen LogP contribution in [0.4, 0.5) is 10.2 Å². The first-order valence-electron chi connectivity index (χ1n) is 14.1. The van der Waals surface area contributed by atoms with Gasteiger partial charge in [-0.15, -0.1) is 11.8 Å². The molecule has 8 heteroatoms. The molecule has 0 fully saturated rings. The molecule has 1 aliphatic rings. The number of carbonyl (C=O) groups excluding carboxylic acids is 2. The van der Waals surface area contributed by atoms with Gasteiger partial charge in [0.25, 0.3) is 0 Å². The summed E-state index contributed by atoms with van der Waals surface area (Å²) in [5.74, 6) is 0.0609. The minimum Gasteiger partial charge on any atom is -0.350 e. The minimum absolute atomic E-state index is 0.148. The maximum absolute atomic E-state index is 13.9. The molecule has 0 spiro atoms. The quantitative estimate of drug-likeness (QED) is 0.273. The maximum Gasteiger partial charge on any atom is 0.240 e. The molecule has 1 aromatic heterocycles. The number of benzene rings is 3. The molecular formula is C34H37FN4O2S. The zero-order valence-electron chi connectivity index (χ0n) is 25.0. The fourth-order valence-electron chi connectivity index (χ4n) is 5.38. The Balaban J connectivity index is 1.66. The second kappa shape index (κ2) is 11.8. The van der Waals surface area contributed by atoms with Crippen LogP contribution in [-0.2, 0) is 21.5 Å². The topological polar surface area (TPSA) is 67.2 Å². The molecule has 2 amide bonds. The second-order valence-electron chi connectivity index (χ2n) is 12.0. The summed E-state index contributed by atoms with van der Waals surface area (Å²) >= 11 is 1.57. The smallest absolute Gasteiger partial charge is 0.240 e. The lowest BCUT2D eigenvalue weighted by atomic mass is 9.87. The third-order valence-corrected chi connectivity index (χ3v) is 8.68. The number of fused-ring (bicyclic) bond motifs is 1. The summed E-state index contributed by atoms with van der Waals surface area (Å²) in [5, 5.41) is 7.96. The third kappa shape index (κ3) is 6.14. The summed E-state index contributed by atoms with van der Waals surface area (Å²) in [4.78, 5) is 28.9. The number of halogens is 1. The number of hydrogen-bond acceptors (Lipinski definition) is 4. The first-order valence-corrected chi connectivity index (χ1v) is 15.2. The molecule has 4 aromatic rings. The van der Waals surface area contributed by atoms with Crippen molar-refractivity contribution in [2.24, 2.45) is 0 Å². The SMILES string of the molecule is Cc1cccc(C2SCC(=O)N(CC(=O)NCc3ccc(F)cc3)c3c2c(C(C)(C)C)nn3-c2ccc(C)cc2C)c1. The van der Waals surface area contributed by atoms with E-state index in [4.69, 9.17) is 5.10 Å². The normalized spacial score (nSPS) is 15.4. The predicted octanol–water partition coefficient (Wildman–Crippen LogP) is 6.72. The Morgan fingerprint density at radius 3 is 2.40 bits per heavy atom. The van der Waals surface area contributed by atoms with Crippen molar-refractivity contribution in [3.63, 3.8) is 0 Å². The van der Waals surface area contributed by atoms with E-state index in [0.717, 1.165) is 44.8 Å². The molecule has 0 radical (unpaired) electrons. The molecule has 6 nitrogen and oxygen atoms in total. The lowest BCUT2D eigenvalue weighted by molar-refractivity contribution is -0.123. The van der Waals surface area contributed by atoms with Gasteiger partial charge in [0.2, 0.25) is 11.8 Å². The van der Waals surface area contributed by atoms with Gasteiger partial charge in [-0.3, -0.25) is 14.5 Å². The molecular weight excluding hydrogens is 547 g/mol. The molecule has 0 saturated carbocycles. The number of rotatable bonds is 6. The van der Waals surface area contributed by atoms with Crippen molar-refractivity contribution >= 4 is 29.4 Å². The van der Waals surface area contributed by atoms with Crippen LogP contribution < -0.4 is 10.2 Å². The number of aromatic nitrogens is 2. The van der Waals surface area contributed by atoms with Gasteiger partial charge >= 0.3 is 0 Å². The van der Waals surface area contributed by atoms with Crippen LogP contribution in [0.15, 0.2) is 66.7 Å². The maximum atomic E-state index is 13.9. The van der Waals surface area contributed by atoms with E-state index in [-0.39, 0.29) is 47.1 Å². The standard InChI is InChI=1S/C34H37FN4O2S/c1-21-8-7-9-25(17-21)31-30-32(34(4,5)6)37-39(27-15-10-22(2)16-23(27)3)33(30)38(29(41)20-42-31)19-28(40)36-18-24-11-13-26(35)14-12-24/h7-17,31H,18-20H2,1-6H3,(H,36,40). The summed E-state index contributed by atoms with van der Waals surface area (Å²) in [6.45, 7) is 12.6. The van der Waals surface area contributed by atoms with Crippen LogP contribution in [0, 0.1) is 26.6 Å². The monoisotopic (exact) mass is 584 g/mol. The Morgan fingerprint density at radius 1 is 1.02 bits per heavy atom. The number of anilines is 1. The zero-order chi connectivity index (χ0) is 30.2. The molecule has 2 heterocycles. The lowest BCUT2D eigenvalue weighted by Crippen LogP contribution is -2.42. The van der Waals surface area contributed by atoms with Crippen molar-refractivity contribution in [3.8, 4) is 5.69 Å². The number of hydrogen-bond donors (Lipinski definition) is 1. The molecule has 0 aliphatic carbocycles. The highest BCUT2D eigenvalue weighted by Crippen LogP contribution is 2.48. The molecule has 5 rings (SSSR count). The highest BCUT2D eigenvalue weighted by molar-refractivity contribution is 8.00. The van der Waals surface area contributed by atoms with Gasteiger partial charge in [0.15, 0.2) is 0 Å². The molecule has 42 heavy (non-hydrogen) atoms. The van der Waals surface area contributed by atoms with Crippen LogP contribution in [0.2, 0.25) is 0 Å². The number of aryl methyl sites for hydroxylation is 3. The predicted molar refractivity (Wildman–Crippen MR) is 168 cm³/mol. The highest BCUT2D eigenvalue weighted by Gasteiger charge is 2.40. The van der Waals surface area contributed by atoms with Gasteiger partial charge in [-0.25, -0.2) is 9.07 Å². The first-order chi connectivity index (χ1) is 19.9. The van der Waals surface area contributed by atoms with E-state index >= 15 is 0 Å². The molecule has 0 saturated heterocycles. The van der Waals surface area contributed by atoms with Crippen molar-refractivity contribution in [1.29, 1.82) is 0 Å². The van der Waals surface area contributed by atoms with Gasteiger partial charge in [0.05, 0.1) is 22.4 Å². The van der Waals surface area contributed by atoms with Crippen LogP contribution in [0.25, 0.3) is 5.69 Å². The van der Waals surface area contributed by atoms with Crippen molar-refractivity contribution in [3.05, 3.63) is 112 Å². The van der Waals surface area contributed by atoms with Crippen molar-refractivity contribution in [2.75, 3.05) is 17.2 Å². The van der Waals surface area contributed by atoms with Crippen LogP contribution in [-0.4, -0.2) is 33.9 Å². The summed E-state index contributed by atoms with van der Waals surface area (Å²) in [6.07, 6.45) is 0. The summed E-state index contributed by atoms with van der Waals surface area (Å²) in [5.41, 5.74) is 7.55. The summed E-state index contributed by atoms with van der Waals surface area (Å²) in [6, 6.07) is 20.6. The number of amides is 2. The summed E-state index contributed by atoms with van der Waals surface area (Å²) in [7, 11) is 0. The van der Waals surface area contributed by atoms with Gasteiger partial charge in [-0.2, -0.15) is 5.10 Å². The largest absolute Gasteiger partial charge is 0.350 e. The van der Waals surface area contributed by atoms with E-state index in [1.165, 1.54) is 12.1 Å². The van der Waals surface area contributed by atoms with Crippen LogP contribution in [0.3, 0.4) is 0 Å². The van der Waals surface area contributed by atoms with Crippen LogP contribution in [0.5, 0.6) is 0 Å². The average Bonchev–Trinajstić information content (AvgIpc) is 3.25. The Morgan fingerprint density at radius 2 is 1.74 bits per heavy atom. The Hall–Kier alpha value is -3.91. The third-order valence-electron chi connectivity index (χ3n) is 7.43. The van der Waals surface area contributed by atoms with E-state index in [1.54, 1.807) is 28.8 Å². The van der Waals surface area contributed by atoms with Crippen molar-refractivity contribution < 1.29 is 14.0 Å². The van der Waals surface area contributed by atoms with Crippen molar-refractivity contribution in [1.82, 2.24) is 15.1 Å². The molecule has 3 aromatic carbocycles. The Kier molecular flexibility index (Phi) is 8.28. The fraction of sp³-hybridized carbons (Fsp3) is 0.324. The first kappa shape index (κ1) is 29.6. The van der Waals surface area contributed by atoms with Gasteiger partial charge < -0.3 is 5.32 Å². The zero-order valence-corrected chi connectivity index (χ0v) is 25.8. The van der Waals surface area contributed by atoms with Crippen molar-refractivity contribution in [2.45, 2.75) is 58.8 Å². The minimum atomic E-state index is -0.333. The molecule has 0 bridgehead atoms. The van der Waals surface area contributed by atoms with E-state index in [9.17, 15) is 14.0 Å². The molecule has 1 N–H and O–H groups in total. The Bertz CT molecular complexity index is 1640. The van der Waals surface area contributed by atoms with E-state index in [2.05, 4.69) is 57.3 Å². The summed E-state index contributed by atoms with van der Waals surface area (Å²) < 4.78 is 15.2. The Labute approximate surface area is 251 Å². The van der Waals surface area contributed by atoms with Gasteiger partial charge in [-0.05, 0) is 55.7 Å². The van der Waals surface area contributed by atoms with Gasteiger partial charge in [0, 0.05) is 17.5 Å². The molecule has 218 valence electrons. The van der Waals surface area contributed by atoms with Crippen LogP contribution in [0.1, 0.15) is 65.1 Å². The van der Waals surface area contributed by atoms with E-state index in [1.807, 2.05) is 36.7 Å². The van der Waals surface area contributed by atoms with E-state index < -0.39 is 0 Å². The number of nitrogens with one attached hydrogen (secondary N) is 1.